The van der Waals surface area contributed by atoms with Crippen molar-refractivity contribution in [1.29, 1.82) is 0 Å². The Balaban J connectivity index is 1.52. The van der Waals surface area contributed by atoms with Crippen molar-refractivity contribution in [3.05, 3.63) is 60.6 Å². The lowest BCUT2D eigenvalue weighted by molar-refractivity contribution is 0.193. The minimum atomic E-state index is -0.214. The molecular formula is C18H17N5O2. The summed E-state index contributed by atoms with van der Waals surface area (Å²) in [4.78, 5) is 23.0. The zero-order valence-electron chi connectivity index (χ0n) is 13.5. The van der Waals surface area contributed by atoms with Crippen LogP contribution in [-0.4, -0.2) is 32.6 Å². The number of carbonyl (C=O) groups is 1. The average molecular weight is 335 g/mol. The second-order valence-corrected chi connectivity index (χ2v) is 5.82. The standard InChI is InChI=1S/C18H17N5O2/c24-18(20-13-7-2-1-3-8-13)23-12-6-10-15(23)17-21-16(22-25-17)14-9-4-5-11-19-14/h1-5,7-9,11,15H,6,10,12H2,(H,20,24)/t15-/m1/s1. The molecule has 2 amide bonds. The van der Waals surface area contributed by atoms with Gasteiger partial charge in [-0.2, -0.15) is 4.98 Å². The topological polar surface area (TPSA) is 84.2 Å². The number of anilines is 1. The molecule has 1 saturated heterocycles. The van der Waals surface area contributed by atoms with Gasteiger partial charge in [0, 0.05) is 18.4 Å². The summed E-state index contributed by atoms with van der Waals surface area (Å²) >= 11 is 0. The summed E-state index contributed by atoms with van der Waals surface area (Å²) in [7, 11) is 0. The predicted octanol–water partition coefficient (Wildman–Crippen LogP) is 3.50. The lowest BCUT2D eigenvalue weighted by Gasteiger charge is -2.22. The van der Waals surface area contributed by atoms with Crippen molar-refractivity contribution in [3.63, 3.8) is 0 Å². The maximum Gasteiger partial charge on any atom is 0.322 e. The zero-order valence-corrected chi connectivity index (χ0v) is 13.5. The largest absolute Gasteiger partial charge is 0.337 e. The van der Waals surface area contributed by atoms with Gasteiger partial charge in [-0.15, -0.1) is 0 Å². The number of hydrogen-bond acceptors (Lipinski definition) is 5. The lowest BCUT2D eigenvalue weighted by atomic mass is 10.2. The van der Waals surface area contributed by atoms with Crippen molar-refractivity contribution in [1.82, 2.24) is 20.0 Å². The Bertz CT molecular complexity index is 850. The van der Waals surface area contributed by atoms with Crippen LogP contribution in [0.2, 0.25) is 0 Å². The molecule has 0 spiro atoms. The number of para-hydroxylation sites is 1. The van der Waals surface area contributed by atoms with Crippen LogP contribution in [0.15, 0.2) is 59.3 Å². The third-order valence-corrected chi connectivity index (χ3v) is 4.16. The number of hydrogen-bond donors (Lipinski definition) is 1. The van der Waals surface area contributed by atoms with Crippen molar-refractivity contribution in [2.75, 3.05) is 11.9 Å². The van der Waals surface area contributed by atoms with Crippen LogP contribution in [0.1, 0.15) is 24.8 Å². The molecule has 1 fully saturated rings. The fraction of sp³-hybridized carbons (Fsp3) is 0.222. The number of urea groups is 1. The van der Waals surface area contributed by atoms with Gasteiger partial charge in [-0.1, -0.05) is 29.4 Å². The van der Waals surface area contributed by atoms with Crippen LogP contribution in [0.5, 0.6) is 0 Å². The molecule has 4 rings (SSSR count). The maximum atomic E-state index is 12.6. The summed E-state index contributed by atoms with van der Waals surface area (Å²) in [5.74, 6) is 0.882. The molecule has 1 atom stereocenters. The molecule has 1 aliphatic rings. The number of amides is 2. The van der Waals surface area contributed by atoms with Crippen LogP contribution in [0.25, 0.3) is 11.5 Å². The van der Waals surface area contributed by atoms with E-state index in [1.54, 1.807) is 11.1 Å². The SMILES string of the molecule is O=C(Nc1ccccc1)N1CCC[C@@H]1c1nc(-c2ccccn2)no1. The van der Waals surface area contributed by atoms with Crippen molar-refractivity contribution >= 4 is 11.7 Å². The molecule has 2 aromatic heterocycles. The van der Waals surface area contributed by atoms with Gasteiger partial charge in [0.2, 0.25) is 11.7 Å². The summed E-state index contributed by atoms with van der Waals surface area (Å²) < 4.78 is 5.41. The highest BCUT2D eigenvalue weighted by Crippen LogP contribution is 2.32. The van der Waals surface area contributed by atoms with Gasteiger partial charge in [-0.3, -0.25) is 4.98 Å². The van der Waals surface area contributed by atoms with Crippen molar-refractivity contribution in [2.45, 2.75) is 18.9 Å². The van der Waals surface area contributed by atoms with E-state index >= 15 is 0 Å². The minimum Gasteiger partial charge on any atom is -0.337 e. The molecule has 25 heavy (non-hydrogen) atoms. The fourth-order valence-corrected chi connectivity index (χ4v) is 2.95. The Kier molecular flexibility index (Phi) is 4.12. The van der Waals surface area contributed by atoms with E-state index in [1.165, 1.54) is 0 Å². The van der Waals surface area contributed by atoms with E-state index < -0.39 is 0 Å². The van der Waals surface area contributed by atoms with E-state index in [1.807, 2.05) is 48.5 Å². The highest BCUT2D eigenvalue weighted by molar-refractivity contribution is 5.89. The number of nitrogens with one attached hydrogen (secondary N) is 1. The quantitative estimate of drug-likeness (QED) is 0.792. The molecule has 0 radical (unpaired) electrons. The molecule has 3 heterocycles. The summed E-state index contributed by atoms with van der Waals surface area (Å²) in [6, 6.07) is 14.5. The van der Waals surface area contributed by atoms with Crippen LogP contribution in [0, 0.1) is 0 Å². The Morgan fingerprint density at radius 1 is 1.16 bits per heavy atom. The first kappa shape index (κ1) is 15.3. The molecule has 7 nitrogen and oxygen atoms in total. The molecule has 0 bridgehead atoms. The molecule has 3 aromatic rings. The van der Waals surface area contributed by atoms with E-state index in [4.69, 9.17) is 4.52 Å². The third kappa shape index (κ3) is 3.21. The van der Waals surface area contributed by atoms with Gasteiger partial charge in [0.05, 0.1) is 0 Å². The summed E-state index contributed by atoms with van der Waals surface area (Å²) in [6.07, 6.45) is 3.38. The Hall–Kier alpha value is -3.22. The Labute approximate surface area is 144 Å². The van der Waals surface area contributed by atoms with Gasteiger partial charge < -0.3 is 14.7 Å². The van der Waals surface area contributed by atoms with Gasteiger partial charge in [0.15, 0.2) is 0 Å². The predicted molar refractivity (Wildman–Crippen MR) is 91.7 cm³/mol. The fourth-order valence-electron chi connectivity index (χ4n) is 2.95. The normalized spacial score (nSPS) is 16.8. The Morgan fingerprint density at radius 3 is 2.80 bits per heavy atom. The van der Waals surface area contributed by atoms with Crippen LogP contribution in [-0.2, 0) is 0 Å². The number of nitrogens with zero attached hydrogens (tertiary/aromatic N) is 4. The van der Waals surface area contributed by atoms with Gasteiger partial charge in [0.25, 0.3) is 0 Å². The molecule has 0 saturated carbocycles. The number of pyridine rings is 1. The van der Waals surface area contributed by atoms with Crippen molar-refractivity contribution < 1.29 is 9.32 Å². The number of aromatic nitrogens is 3. The summed E-state index contributed by atoms with van der Waals surface area (Å²) in [6.45, 7) is 0.657. The summed E-state index contributed by atoms with van der Waals surface area (Å²) in [5.41, 5.74) is 1.41. The van der Waals surface area contributed by atoms with Crippen molar-refractivity contribution in [2.24, 2.45) is 0 Å². The number of rotatable bonds is 3. The highest BCUT2D eigenvalue weighted by Gasteiger charge is 2.34. The third-order valence-electron chi connectivity index (χ3n) is 4.16. The molecule has 1 N–H and O–H groups in total. The minimum absolute atomic E-state index is 0.161. The summed E-state index contributed by atoms with van der Waals surface area (Å²) in [5, 5.41) is 6.91. The average Bonchev–Trinajstić information content (AvgIpc) is 3.32. The molecule has 0 unspecified atom stereocenters. The second kappa shape index (κ2) is 6.72. The maximum absolute atomic E-state index is 12.6. The van der Waals surface area contributed by atoms with E-state index in [0.717, 1.165) is 18.5 Å². The van der Waals surface area contributed by atoms with Crippen LogP contribution >= 0.6 is 0 Å². The van der Waals surface area contributed by atoms with Crippen LogP contribution < -0.4 is 5.32 Å². The Morgan fingerprint density at radius 2 is 2.00 bits per heavy atom. The smallest absolute Gasteiger partial charge is 0.322 e. The van der Waals surface area contributed by atoms with Gasteiger partial charge in [-0.05, 0) is 37.1 Å². The van der Waals surface area contributed by atoms with Gasteiger partial charge >= 0.3 is 6.03 Å². The van der Waals surface area contributed by atoms with Gasteiger partial charge in [-0.25, -0.2) is 4.79 Å². The molecule has 1 aromatic carbocycles. The first-order valence-corrected chi connectivity index (χ1v) is 8.19. The first-order valence-electron chi connectivity index (χ1n) is 8.19. The second-order valence-electron chi connectivity index (χ2n) is 5.82. The van der Waals surface area contributed by atoms with E-state index in [2.05, 4.69) is 20.4 Å². The molecule has 0 aliphatic carbocycles. The number of benzene rings is 1. The molecule has 7 heteroatoms. The van der Waals surface area contributed by atoms with E-state index in [-0.39, 0.29) is 12.1 Å². The number of likely N-dealkylation sites (tertiary alicyclic amines) is 1. The zero-order chi connectivity index (χ0) is 17.1. The number of carbonyl (C=O) groups excluding carboxylic acids is 1. The van der Waals surface area contributed by atoms with Crippen LogP contribution in [0.3, 0.4) is 0 Å². The first-order chi connectivity index (χ1) is 12.3. The monoisotopic (exact) mass is 335 g/mol. The van der Waals surface area contributed by atoms with E-state index in [0.29, 0.717) is 24.0 Å². The highest BCUT2D eigenvalue weighted by atomic mass is 16.5. The van der Waals surface area contributed by atoms with E-state index in [9.17, 15) is 4.79 Å². The molecule has 126 valence electrons. The van der Waals surface area contributed by atoms with Gasteiger partial charge in [0.1, 0.15) is 11.7 Å². The molecule has 1 aliphatic heterocycles. The molecular weight excluding hydrogens is 318 g/mol. The van der Waals surface area contributed by atoms with Crippen molar-refractivity contribution in [3.8, 4) is 11.5 Å². The van der Waals surface area contributed by atoms with Crippen LogP contribution in [0.4, 0.5) is 10.5 Å². The lowest BCUT2D eigenvalue weighted by Crippen LogP contribution is -2.34.